The summed E-state index contributed by atoms with van der Waals surface area (Å²) in [7, 11) is 0. The zero-order chi connectivity index (χ0) is 22.1. The SMILES string of the molecule is CCOC(=O)c1cn(-c2ccc3[nH]ccc3c2)c2ccc(CN3CCOCC3)cc2c1=O. The molecular formula is C25H25N3O4. The van der Waals surface area contributed by atoms with Crippen molar-refractivity contribution in [3.8, 4) is 5.69 Å². The van der Waals surface area contributed by atoms with Crippen LogP contribution in [0, 0.1) is 0 Å². The number of aromatic nitrogens is 2. The van der Waals surface area contributed by atoms with Gasteiger partial charge < -0.3 is 19.0 Å². The molecule has 7 nitrogen and oxygen atoms in total. The Morgan fingerprint density at radius 3 is 2.78 bits per heavy atom. The molecule has 1 N–H and O–H groups in total. The van der Waals surface area contributed by atoms with Crippen LogP contribution in [0.1, 0.15) is 22.8 Å². The van der Waals surface area contributed by atoms with Crippen molar-refractivity contribution in [1.82, 2.24) is 14.5 Å². The Morgan fingerprint density at radius 1 is 1.12 bits per heavy atom. The molecule has 0 saturated carbocycles. The van der Waals surface area contributed by atoms with Gasteiger partial charge in [-0.05, 0) is 48.9 Å². The van der Waals surface area contributed by atoms with Gasteiger partial charge in [-0.1, -0.05) is 6.07 Å². The van der Waals surface area contributed by atoms with Crippen LogP contribution in [0.5, 0.6) is 0 Å². The average Bonchev–Trinajstić information content (AvgIpc) is 3.28. The number of carbonyl (C=O) groups is 1. The number of benzene rings is 2. The molecule has 1 aliphatic rings. The van der Waals surface area contributed by atoms with Crippen LogP contribution >= 0.6 is 0 Å². The molecule has 0 unspecified atom stereocenters. The molecular weight excluding hydrogens is 406 g/mol. The number of fused-ring (bicyclic) bond motifs is 2. The van der Waals surface area contributed by atoms with Crippen LogP contribution in [0.4, 0.5) is 0 Å². The molecule has 1 aliphatic heterocycles. The van der Waals surface area contributed by atoms with Crippen molar-refractivity contribution in [3.63, 3.8) is 0 Å². The van der Waals surface area contributed by atoms with Gasteiger partial charge >= 0.3 is 5.97 Å². The molecule has 5 rings (SSSR count). The highest BCUT2D eigenvalue weighted by Gasteiger charge is 2.19. The maximum Gasteiger partial charge on any atom is 0.343 e. The summed E-state index contributed by atoms with van der Waals surface area (Å²) >= 11 is 0. The fourth-order valence-electron chi connectivity index (χ4n) is 4.25. The van der Waals surface area contributed by atoms with Crippen LogP contribution in [0.25, 0.3) is 27.5 Å². The normalized spacial score (nSPS) is 14.8. The second-order valence-electron chi connectivity index (χ2n) is 7.95. The Bertz CT molecular complexity index is 1350. The molecule has 1 fully saturated rings. The van der Waals surface area contributed by atoms with E-state index in [1.165, 1.54) is 0 Å². The molecule has 32 heavy (non-hydrogen) atoms. The van der Waals surface area contributed by atoms with E-state index in [-0.39, 0.29) is 17.6 Å². The van der Waals surface area contributed by atoms with E-state index in [1.54, 1.807) is 13.1 Å². The van der Waals surface area contributed by atoms with Gasteiger partial charge in [0.25, 0.3) is 0 Å². The number of ether oxygens (including phenoxy) is 2. The Morgan fingerprint density at radius 2 is 1.97 bits per heavy atom. The Balaban J connectivity index is 1.66. The molecule has 0 aliphatic carbocycles. The summed E-state index contributed by atoms with van der Waals surface area (Å²) in [6.07, 6.45) is 3.48. The van der Waals surface area contributed by atoms with Gasteiger partial charge in [0, 0.05) is 54.0 Å². The zero-order valence-electron chi connectivity index (χ0n) is 18.0. The molecule has 0 amide bonds. The van der Waals surface area contributed by atoms with Gasteiger partial charge in [-0.2, -0.15) is 0 Å². The number of H-pyrrole nitrogens is 1. The summed E-state index contributed by atoms with van der Waals surface area (Å²) in [5.74, 6) is -0.602. The fraction of sp³-hybridized carbons (Fsp3) is 0.280. The number of carbonyl (C=O) groups excluding carboxylic acids is 1. The highest BCUT2D eigenvalue weighted by atomic mass is 16.5. The molecule has 4 aromatic rings. The van der Waals surface area contributed by atoms with E-state index >= 15 is 0 Å². The molecule has 0 spiro atoms. The van der Waals surface area contributed by atoms with E-state index in [0.717, 1.165) is 60.5 Å². The second kappa shape index (κ2) is 8.61. The number of rotatable bonds is 5. The summed E-state index contributed by atoms with van der Waals surface area (Å²) in [4.78, 5) is 31.4. The van der Waals surface area contributed by atoms with Crippen LogP contribution in [-0.2, 0) is 16.0 Å². The van der Waals surface area contributed by atoms with Crippen molar-refractivity contribution < 1.29 is 14.3 Å². The monoisotopic (exact) mass is 431 g/mol. The van der Waals surface area contributed by atoms with E-state index < -0.39 is 5.97 Å². The molecule has 3 heterocycles. The summed E-state index contributed by atoms with van der Waals surface area (Å²) in [5, 5.41) is 1.56. The minimum atomic E-state index is -0.602. The first-order chi connectivity index (χ1) is 15.6. The molecule has 0 bridgehead atoms. The predicted molar refractivity (Wildman–Crippen MR) is 123 cm³/mol. The first-order valence-electron chi connectivity index (χ1n) is 10.9. The Kier molecular flexibility index (Phi) is 5.51. The Hall–Kier alpha value is -3.42. The molecule has 2 aromatic heterocycles. The number of nitrogens with zero attached hydrogens (tertiary/aromatic N) is 2. The van der Waals surface area contributed by atoms with Crippen LogP contribution in [0.15, 0.2) is 59.7 Å². The molecule has 0 atom stereocenters. The number of pyridine rings is 1. The third kappa shape index (κ3) is 3.81. The lowest BCUT2D eigenvalue weighted by molar-refractivity contribution is 0.0342. The fourth-order valence-corrected chi connectivity index (χ4v) is 4.25. The third-order valence-electron chi connectivity index (χ3n) is 5.89. The zero-order valence-corrected chi connectivity index (χ0v) is 18.0. The van der Waals surface area contributed by atoms with E-state index in [0.29, 0.717) is 5.39 Å². The van der Waals surface area contributed by atoms with Crippen molar-refractivity contribution in [2.75, 3.05) is 32.9 Å². The predicted octanol–water partition coefficient (Wildman–Crippen LogP) is 3.48. The molecule has 2 aromatic carbocycles. The minimum Gasteiger partial charge on any atom is -0.462 e. The maximum absolute atomic E-state index is 13.3. The average molecular weight is 431 g/mol. The van der Waals surface area contributed by atoms with Gasteiger partial charge in [-0.3, -0.25) is 9.69 Å². The van der Waals surface area contributed by atoms with Crippen LogP contribution in [0.3, 0.4) is 0 Å². The number of esters is 1. The number of morpholine rings is 1. The van der Waals surface area contributed by atoms with Crippen LogP contribution in [0.2, 0.25) is 0 Å². The van der Waals surface area contributed by atoms with Crippen LogP contribution in [-0.4, -0.2) is 53.3 Å². The van der Waals surface area contributed by atoms with E-state index in [1.807, 2.05) is 53.2 Å². The quantitative estimate of drug-likeness (QED) is 0.490. The first kappa shape index (κ1) is 20.5. The maximum atomic E-state index is 13.3. The van der Waals surface area contributed by atoms with Crippen molar-refractivity contribution in [1.29, 1.82) is 0 Å². The highest BCUT2D eigenvalue weighted by molar-refractivity contribution is 5.95. The summed E-state index contributed by atoms with van der Waals surface area (Å²) in [6.45, 7) is 5.84. The lowest BCUT2D eigenvalue weighted by atomic mass is 10.1. The highest BCUT2D eigenvalue weighted by Crippen LogP contribution is 2.23. The van der Waals surface area contributed by atoms with Crippen molar-refractivity contribution in [3.05, 3.63) is 76.2 Å². The Labute approximate surface area is 185 Å². The third-order valence-corrected chi connectivity index (χ3v) is 5.89. The van der Waals surface area contributed by atoms with Gasteiger partial charge in [0.2, 0.25) is 5.43 Å². The number of nitrogens with one attached hydrogen (secondary N) is 1. The summed E-state index contributed by atoms with van der Waals surface area (Å²) in [6, 6.07) is 13.9. The van der Waals surface area contributed by atoms with Crippen molar-refractivity contribution >= 4 is 27.8 Å². The molecule has 164 valence electrons. The summed E-state index contributed by atoms with van der Waals surface area (Å²) in [5.41, 5.74) is 3.41. The molecule has 1 saturated heterocycles. The van der Waals surface area contributed by atoms with Crippen molar-refractivity contribution in [2.24, 2.45) is 0 Å². The lowest BCUT2D eigenvalue weighted by Gasteiger charge is -2.26. The van der Waals surface area contributed by atoms with Gasteiger partial charge in [0.15, 0.2) is 0 Å². The summed E-state index contributed by atoms with van der Waals surface area (Å²) < 4.78 is 12.5. The smallest absolute Gasteiger partial charge is 0.343 e. The van der Waals surface area contributed by atoms with Crippen molar-refractivity contribution in [2.45, 2.75) is 13.5 Å². The lowest BCUT2D eigenvalue weighted by Crippen LogP contribution is -2.35. The van der Waals surface area contributed by atoms with E-state index in [2.05, 4.69) is 9.88 Å². The standard InChI is InChI=1S/C25H25N3O4/c1-2-32-25(30)21-16-28(19-4-5-22-18(14-19)7-8-26-22)23-6-3-17(13-20(23)24(21)29)15-27-9-11-31-12-10-27/h3-8,13-14,16,26H,2,9-12,15H2,1H3. The van der Waals surface area contributed by atoms with Crippen LogP contribution < -0.4 is 5.43 Å². The largest absolute Gasteiger partial charge is 0.462 e. The number of hydrogen-bond donors (Lipinski definition) is 1. The molecule has 7 heteroatoms. The molecule has 0 radical (unpaired) electrons. The van der Waals surface area contributed by atoms with Gasteiger partial charge in [-0.15, -0.1) is 0 Å². The number of aromatic amines is 1. The van der Waals surface area contributed by atoms with Gasteiger partial charge in [0.05, 0.1) is 25.3 Å². The second-order valence-corrected chi connectivity index (χ2v) is 7.95. The van der Waals surface area contributed by atoms with Gasteiger partial charge in [0.1, 0.15) is 5.56 Å². The van der Waals surface area contributed by atoms with Gasteiger partial charge in [-0.25, -0.2) is 4.79 Å². The van der Waals surface area contributed by atoms with E-state index in [4.69, 9.17) is 9.47 Å². The minimum absolute atomic E-state index is 0.0389. The number of hydrogen-bond acceptors (Lipinski definition) is 5. The first-order valence-corrected chi connectivity index (χ1v) is 10.9. The topological polar surface area (TPSA) is 76.6 Å². The van der Waals surface area contributed by atoms with E-state index in [9.17, 15) is 9.59 Å².